The molecule has 0 bridgehead atoms. The van der Waals surface area contributed by atoms with Gasteiger partial charge in [-0.25, -0.2) is 4.79 Å². The lowest BCUT2D eigenvalue weighted by Crippen LogP contribution is -2.30. The summed E-state index contributed by atoms with van der Waals surface area (Å²) in [5.41, 5.74) is 2.93. The number of nitrogens with one attached hydrogen (secondary N) is 2. The van der Waals surface area contributed by atoms with Gasteiger partial charge in [0, 0.05) is 30.3 Å². The molecule has 1 aromatic heterocycles. The minimum atomic E-state index is -0.211. The Balaban J connectivity index is 1.47. The molecule has 128 valence electrons. The maximum Gasteiger partial charge on any atom is 0.319 e. The molecule has 0 aliphatic rings. The van der Waals surface area contributed by atoms with Crippen LogP contribution in [0.15, 0.2) is 73.1 Å². The molecule has 0 aliphatic carbocycles. The lowest BCUT2D eigenvalue weighted by molar-refractivity contribution is 0.252. The molecule has 3 aromatic rings. The molecular weight excluding hydrogens is 314 g/mol. The zero-order chi connectivity index (χ0) is 17.5. The number of hydrogen-bond donors (Lipinski definition) is 2. The van der Waals surface area contributed by atoms with Gasteiger partial charge in [0.1, 0.15) is 5.75 Å². The molecule has 2 aromatic carbocycles. The van der Waals surface area contributed by atoms with E-state index in [0.717, 1.165) is 29.1 Å². The molecule has 0 spiro atoms. The fraction of sp³-hybridized carbons (Fsp3) is 0.150. The molecule has 0 radical (unpaired) electrons. The first kappa shape index (κ1) is 16.6. The molecular formula is C20H21N3O2. The number of nitrogens with zero attached hydrogens (tertiary/aromatic N) is 1. The predicted octanol–water partition coefficient (Wildman–Crippen LogP) is 3.85. The number of amides is 2. The first-order chi connectivity index (χ1) is 12.2. The first-order valence-corrected chi connectivity index (χ1v) is 8.16. The summed E-state index contributed by atoms with van der Waals surface area (Å²) in [5.74, 6) is 0.824. The molecule has 0 unspecified atom stereocenters. The average Bonchev–Trinajstić information content (AvgIpc) is 3.17. The van der Waals surface area contributed by atoms with Crippen LogP contribution in [-0.4, -0.2) is 24.3 Å². The van der Waals surface area contributed by atoms with Gasteiger partial charge in [-0.05, 0) is 60.5 Å². The summed E-state index contributed by atoms with van der Waals surface area (Å²) < 4.78 is 7.21. The first-order valence-electron chi connectivity index (χ1n) is 8.16. The number of carbonyl (C=O) groups is 1. The summed E-state index contributed by atoms with van der Waals surface area (Å²) in [5, 5.41) is 5.70. The summed E-state index contributed by atoms with van der Waals surface area (Å²) in [6.45, 7) is 0.556. The van der Waals surface area contributed by atoms with Gasteiger partial charge in [-0.2, -0.15) is 0 Å². The number of hydrogen-bond acceptors (Lipinski definition) is 2. The fourth-order valence-corrected chi connectivity index (χ4v) is 2.55. The van der Waals surface area contributed by atoms with Crippen molar-refractivity contribution in [2.75, 3.05) is 19.0 Å². The highest BCUT2D eigenvalue weighted by molar-refractivity contribution is 5.89. The second-order valence-corrected chi connectivity index (χ2v) is 5.62. The molecule has 5 heteroatoms. The van der Waals surface area contributed by atoms with Gasteiger partial charge in [0.2, 0.25) is 0 Å². The van der Waals surface area contributed by atoms with Crippen molar-refractivity contribution in [1.29, 1.82) is 0 Å². The van der Waals surface area contributed by atoms with Gasteiger partial charge < -0.3 is 19.9 Å². The van der Waals surface area contributed by atoms with E-state index in [0.29, 0.717) is 6.54 Å². The third-order valence-corrected chi connectivity index (χ3v) is 3.86. The number of anilines is 1. The van der Waals surface area contributed by atoms with Crippen molar-refractivity contribution in [3.05, 3.63) is 78.6 Å². The molecule has 2 amide bonds. The number of urea groups is 1. The molecule has 0 saturated heterocycles. The van der Waals surface area contributed by atoms with Gasteiger partial charge in [-0.1, -0.05) is 12.1 Å². The second-order valence-electron chi connectivity index (χ2n) is 5.62. The van der Waals surface area contributed by atoms with Crippen LogP contribution in [0.2, 0.25) is 0 Å². The highest BCUT2D eigenvalue weighted by atomic mass is 16.5. The summed E-state index contributed by atoms with van der Waals surface area (Å²) in [7, 11) is 1.65. The molecule has 25 heavy (non-hydrogen) atoms. The van der Waals surface area contributed by atoms with Crippen LogP contribution in [0.3, 0.4) is 0 Å². The third kappa shape index (κ3) is 4.64. The van der Waals surface area contributed by atoms with Crippen molar-refractivity contribution >= 4 is 11.7 Å². The minimum Gasteiger partial charge on any atom is -0.497 e. The summed E-state index contributed by atoms with van der Waals surface area (Å²) in [6, 6.07) is 19.3. The Morgan fingerprint density at radius 3 is 2.52 bits per heavy atom. The van der Waals surface area contributed by atoms with Crippen molar-refractivity contribution in [3.8, 4) is 11.4 Å². The standard InChI is InChI=1S/C20H21N3O2/c1-25-19-6-4-5-16(15-19)11-12-21-20(24)22-17-7-9-18(10-8-17)23-13-2-3-14-23/h2-10,13-15H,11-12H2,1H3,(H2,21,22,24). The van der Waals surface area contributed by atoms with Crippen LogP contribution in [0.25, 0.3) is 5.69 Å². The number of methoxy groups -OCH3 is 1. The number of benzene rings is 2. The predicted molar refractivity (Wildman–Crippen MR) is 99.5 cm³/mol. The minimum absolute atomic E-state index is 0.211. The Morgan fingerprint density at radius 1 is 1.04 bits per heavy atom. The van der Waals surface area contributed by atoms with E-state index in [2.05, 4.69) is 10.6 Å². The normalized spacial score (nSPS) is 10.3. The molecule has 0 atom stereocenters. The van der Waals surface area contributed by atoms with Gasteiger partial charge >= 0.3 is 6.03 Å². The van der Waals surface area contributed by atoms with E-state index in [1.165, 1.54) is 0 Å². The third-order valence-electron chi connectivity index (χ3n) is 3.86. The van der Waals surface area contributed by atoms with E-state index >= 15 is 0 Å². The van der Waals surface area contributed by atoms with E-state index in [1.54, 1.807) is 7.11 Å². The van der Waals surface area contributed by atoms with Gasteiger partial charge in [-0.15, -0.1) is 0 Å². The number of rotatable bonds is 6. The van der Waals surface area contributed by atoms with Crippen LogP contribution < -0.4 is 15.4 Å². The fourth-order valence-electron chi connectivity index (χ4n) is 2.55. The van der Waals surface area contributed by atoms with Crippen molar-refractivity contribution in [2.45, 2.75) is 6.42 Å². The highest BCUT2D eigenvalue weighted by Crippen LogP contribution is 2.14. The lowest BCUT2D eigenvalue weighted by atomic mass is 10.1. The van der Waals surface area contributed by atoms with Crippen LogP contribution >= 0.6 is 0 Å². The molecule has 0 saturated carbocycles. The summed E-state index contributed by atoms with van der Waals surface area (Å²) in [4.78, 5) is 12.0. The molecule has 2 N–H and O–H groups in total. The Labute approximate surface area is 147 Å². The highest BCUT2D eigenvalue weighted by Gasteiger charge is 2.03. The largest absolute Gasteiger partial charge is 0.497 e. The van der Waals surface area contributed by atoms with Crippen molar-refractivity contribution in [2.24, 2.45) is 0 Å². The van der Waals surface area contributed by atoms with Gasteiger partial charge in [0.15, 0.2) is 0 Å². The maximum atomic E-state index is 12.0. The Hall–Kier alpha value is -3.21. The van der Waals surface area contributed by atoms with Crippen molar-refractivity contribution in [1.82, 2.24) is 9.88 Å². The monoisotopic (exact) mass is 335 g/mol. The van der Waals surface area contributed by atoms with E-state index < -0.39 is 0 Å². The van der Waals surface area contributed by atoms with E-state index in [4.69, 9.17) is 4.74 Å². The zero-order valence-corrected chi connectivity index (χ0v) is 14.1. The van der Waals surface area contributed by atoms with Crippen molar-refractivity contribution in [3.63, 3.8) is 0 Å². The number of ether oxygens (including phenoxy) is 1. The number of aromatic nitrogens is 1. The smallest absolute Gasteiger partial charge is 0.319 e. The van der Waals surface area contributed by atoms with Crippen molar-refractivity contribution < 1.29 is 9.53 Å². The molecule has 5 nitrogen and oxygen atoms in total. The van der Waals surface area contributed by atoms with Crippen LogP contribution in [-0.2, 0) is 6.42 Å². The van der Waals surface area contributed by atoms with Crippen LogP contribution in [0, 0.1) is 0 Å². The topological polar surface area (TPSA) is 55.3 Å². The molecule has 0 aliphatic heterocycles. The lowest BCUT2D eigenvalue weighted by Gasteiger charge is -2.09. The van der Waals surface area contributed by atoms with Crippen LogP contribution in [0.1, 0.15) is 5.56 Å². The Bertz CT molecular complexity index is 811. The van der Waals surface area contributed by atoms with Crippen LogP contribution in [0.4, 0.5) is 10.5 Å². The van der Waals surface area contributed by atoms with Gasteiger partial charge in [0.05, 0.1) is 7.11 Å². The van der Waals surface area contributed by atoms with Crippen LogP contribution in [0.5, 0.6) is 5.75 Å². The van der Waals surface area contributed by atoms with E-state index in [1.807, 2.05) is 77.6 Å². The van der Waals surface area contributed by atoms with Gasteiger partial charge in [0.25, 0.3) is 0 Å². The average molecular weight is 335 g/mol. The van der Waals surface area contributed by atoms with Gasteiger partial charge in [-0.3, -0.25) is 0 Å². The summed E-state index contributed by atoms with van der Waals surface area (Å²) >= 11 is 0. The molecule has 3 rings (SSSR count). The second kappa shape index (κ2) is 8.06. The zero-order valence-electron chi connectivity index (χ0n) is 14.1. The SMILES string of the molecule is COc1cccc(CCNC(=O)Nc2ccc(-n3cccc3)cc2)c1. The Morgan fingerprint density at radius 2 is 1.80 bits per heavy atom. The van der Waals surface area contributed by atoms with E-state index in [9.17, 15) is 4.79 Å². The Kier molecular flexibility index (Phi) is 5.36. The molecule has 0 fully saturated rings. The van der Waals surface area contributed by atoms with E-state index in [-0.39, 0.29) is 6.03 Å². The quantitative estimate of drug-likeness (QED) is 0.719. The molecule has 1 heterocycles. The maximum absolute atomic E-state index is 12.0. The number of carbonyl (C=O) groups excluding carboxylic acids is 1. The summed E-state index contributed by atoms with van der Waals surface area (Å²) in [6.07, 6.45) is 4.71.